The Labute approximate surface area is 191 Å². The number of hydrogen-bond acceptors (Lipinski definition) is 5. The van der Waals surface area contributed by atoms with Crippen molar-refractivity contribution in [1.29, 1.82) is 0 Å². The predicted octanol–water partition coefficient (Wildman–Crippen LogP) is 2.66. The molecule has 5 N–H and O–H groups in total. The first-order valence-corrected chi connectivity index (χ1v) is 10.7. The maximum Gasteiger partial charge on any atom is 0.416 e. The molecule has 0 aliphatic heterocycles. The molecule has 0 saturated heterocycles. The number of alkyl halides is 3. The molecule has 1 aromatic carbocycles. The summed E-state index contributed by atoms with van der Waals surface area (Å²) in [6.45, 7) is 3.97. The Morgan fingerprint density at radius 1 is 1.12 bits per heavy atom. The van der Waals surface area contributed by atoms with Gasteiger partial charge in [0, 0.05) is 19.2 Å². The monoisotopic (exact) mass is 465 g/mol. The zero-order valence-electron chi connectivity index (χ0n) is 18.9. The number of nitrogen functional groups attached to an aromatic ring is 1. The first-order valence-electron chi connectivity index (χ1n) is 10.7. The number of aromatic nitrogens is 1. The maximum absolute atomic E-state index is 13.1. The number of carbonyl (C=O) groups is 2. The molecular formula is C23H30F3N5O2. The van der Waals surface area contributed by atoms with E-state index in [1.807, 2.05) is 13.8 Å². The summed E-state index contributed by atoms with van der Waals surface area (Å²) < 4.78 is 39.4. The molecule has 0 fully saturated rings. The van der Waals surface area contributed by atoms with Crippen LogP contribution in [0.2, 0.25) is 0 Å². The van der Waals surface area contributed by atoms with Crippen LogP contribution in [0.4, 0.5) is 19.0 Å². The van der Waals surface area contributed by atoms with Gasteiger partial charge >= 0.3 is 6.18 Å². The lowest BCUT2D eigenvalue weighted by atomic mass is 9.97. The van der Waals surface area contributed by atoms with Gasteiger partial charge < -0.3 is 21.7 Å². The normalized spacial score (nSPS) is 14.2. The van der Waals surface area contributed by atoms with E-state index in [0.717, 1.165) is 18.6 Å². The van der Waals surface area contributed by atoms with Gasteiger partial charge in [-0.15, -0.1) is 0 Å². The zero-order valence-corrected chi connectivity index (χ0v) is 18.9. The summed E-state index contributed by atoms with van der Waals surface area (Å²) in [5.74, 6) is -0.583. The van der Waals surface area contributed by atoms with E-state index in [2.05, 4.69) is 20.9 Å². The van der Waals surface area contributed by atoms with Crippen molar-refractivity contribution in [2.75, 3.05) is 12.8 Å². The topological polar surface area (TPSA) is 109 Å². The van der Waals surface area contributed by atoms with Crippen molar-refractivity contribution in [3.05, 3.63) is 59.3 Å². The highest BCUT2D eigenvalue weighted by Crippen LogP contribution is 2.29. The predicted molar refractivity (Wildman–Crippen MR) is 120 cm³/mol. The van der Waals surface area contributed by atoms with Gasteiger partial charge in [-0.1, -0.05) is 44.5 Å². The molecule has 0 spiro atoms. The van der Waals surface area contributed by atoms with Crippen LogP contribution in [0, 0.1) is 5.92 Å². The molecule has 0 saturated carbocycles. The largest absolute Gasteiger partial charge is 0.416 e. The smallest absolute Gasteiger partial charge is 0.384 e. The van der Waals surface area contributed by atoms with Crippen LogP contribution in [0.1, 0.15) is 37.0 Å². The fourth-order valence-corrected chi connectivity index (χ4v) is 3.34. The van der Waals surface area contributed by atoms with E-state index in [1.165, 1.54) is 18.3 Å². The van der Waals surface area contributed by atoms with Crippen molar-refractivity contribution in [2.24, 2.45) is 5.92 Å². The van der Waals surface area contributed by atoms with Crippen LogP contribution in [-0.2, 0) is 28.7 Å². The number of likely N-dealkylation sites (N-methyl/N-ethyl adjacent to an activating group) is 1. The highest BCUT2D eigenvalue weighted by Gasteiger charge is 2.31. The van der Waals surface area contributed by atoms with Crippen LogP contribution < -0.4 is 21.7 Å². The lowest BCUT2D eigenvalue weighted by molar-refractivity contribution is -0.137. The number of amides is 2. The van der Waals surface area contributed by atoms with Crippen molar-refractivity contribution in [3.8, 4) is 0 Å². The summed E-state index contributed by atoms with van der Waals surface area (Å²) in [4.78, 5) is 29.8. The average Bonchev–Trinajstić information content (AvgIpc) is 2.78. The average molecular weight is 466 g/mol. The number of carbonyl (C=O) groups excluding carboxylic acids is 2. The molecule has 1 unspecified atom stereocenters. The minimum absolute atomic E-state index is 0.00637. The summed E-state index contributed by atoms with van der Waals surface area (Å²) in [5.41, 5.74) is 5.72. The van der Waals surface area contributed by atoms with Crippen molar-refractivity contribution >= 4 is 17.6 Å². The number of benzene rings is 1. The number of nitrogens with one attached hydrogen (secondary N) is 3. The molecule has 10 heteroatoms. The molecule has 7 nitrogen and oxygen atoms in total. The van der Waals surface area contributed by atoms with Gasteiger partial charge in [0.05, 0.1) is 11.6 Å². The number of nitrogens with zero attached hydrogens (tertiary/aromatic N) is 1. The van der Waals surface area contributed by atoms with Gasteiger partial charge in [0.1, 0.15) is 11.9 Å². The molecule has 33 heavy (non-hydrogen) atoms. The lowest BCUT2D eigenvalue weighted by Crippen LogP contribution is -2.54. The Bertz CT molecular complexity index is 934. The van der Waals surface area contributed by atoms with Crippen LogP contribution >= 0.6 is 0 Å². The maximum atomic E-state index is 13.1. The SMILES string of the molecule is CCC(C)[C@@H](NC)C(=O)N[C@@H](Cc1cccc(C(F)(F)F)c1)C(=O)NCc1ccc(N)nc1. The van der Waals surface area contributed by atoms with Crippen molar-refractivity contribution in [3.63, 3.8) is 0 Å². The van der Waals surface area contributed by atoms with Crippen molar-refractivity contribution < 1.29 is 22.8 Å². The third kappa shape index (κ3) is 7.74. The second-order valence-electron chi connectivity index (χ2n) is 7.92. The zero-order chi connectivity index (χ0) is 24.6. The van der Waals surface area contributed by atoms with Gasteiger partial charge in [-0.2, -0.15) is 13.2 Å². The second kappa shape index (κ2) is 11.6. The molecule has 0 aliphatic carbocycles. The molecule has 0 radical (unpaired) electrons. The first kappa shape index (κ1) is 26.1. The number of halogens is 3. The summed E-state index contributed by atoms with van der Waals surface area (Å²) >= 11 is 0. The minimum Gasteiger partial charge on any atom is -0.384 e. The van der Waals surface area contributed by atoms with Gasteiger partial charge in [0.2, 0.25) is 11.8 Å². The minimum atomic E-state index is -4.51. The Morgan fingerprint density at radius 3 is 2.42 bits per heavy atom. The molecule has 2 amide bonds. The standard InChI is InChI=1S/C23H30F3N5O2/c1-4-14(2)20(28-3)22(33)31-18(11-15-6-5-7-17(10-15)23(24,25)26)21(32)30-13-16-8-9-19(27)29-12-16/h5-10,12,14,18,20,28H,4,11,13H2,1-3H3,(H2,27,29)(H,30,32)(H,31,33)/t14?,18-,20+/m0/s1. The lowest BCUT2D eigenvalue weighted by Gasteiger charge is -2.25. The second-order valence-corrected chi connectivity index (χ2v) is 7.92. The van der Waals surface area contributed by atoms with Gasteiger partial charge in [0.15, 0.2) is 0 Å². The number of hydrogen-bond donors (Lipinski definition) is 4. The Hall–Kier alpha value is -3.14. The van der Waals surface area contributed by atoms with E-state index < -0.39 is 35.6 Å². The molecule has 0 bridgehead atoms. The highest BCUT2D eigenvalue weighted by molar-refractivity contribution is 5.90. The van der Waals surface area contributed by atoms with Crippen LogP contribution in [-0.4, -0.2) is 35.9 Å². The van der Waals surface area contributed by atoms with Gasteiger partial charge in [-0.25, -0.2) is 4.98 Å². The Kier molecular flexibility index (Phi) is 9.22. The molecular weight excluding hydrogens is 435 g/mol. The summed E-state index contributed by atoms with van der Waals surface area (Å²) in [6.07, 6.45) is -2.37. The molecule has 2 rings (SSSR count). The van der Waals surface area contributed by atoms with Gasteiger partial charge in [-0.05, 0) is 36.2 Å². The third-order valence-electron chi connectivity index (χ3n) is 5.45. The first-order chi connectivity index (χ1) is 15.5. The van der Waals surface area contributed by atoms with E-state index in [1.54, 1.807) is 19.2 Å². The van der Waals surface area contributed by atoms with Crippen molar-refractivity contribution in [2.45, 2.75) is 51.5 Å². The van der Waals surface area contributed by atoms with Crippen LogP contribution in [0.25, 0.3) is 0 Å². The number of rotatable bonds is 10. The van der Waals surface area contributed by atoms with Gasteiger partial charge in [0.25, 0.3) is 0 Å². The highest BCUT2D eigenvalue weighted by atomic mass is 19.4. The molecule has 3 atom stereocenters. The Morgan fingerprint density at radius 2 is 1.85 bits per heavy atom. The third-order valence-corrected chi connectivity index (χ3v) is 5.45. The molecule has 180 valence electrons. The summed E-state index contributed by atoms with van der Waals surface area (Å²) in [7, 11) is 1.65. The van der Waals surface area contributed by atoms with Crippen LogP contribution in [0.5, 0.6) is 0 Å². The number of anilines is 1. The quantitative estimate of drug-likeness (QED) is 0.431. The molecule has 1 aromatic heterocycles. The summed E-state index contributed by atoms with van der Waals surface area (Å²) in [6, 6.07) is 6.40. The van der Waals surface area contributed by atoms with E-state index in [9.17, 15) is 22.8 Å². The number of nitrogens with two attached hydrogens (primary N) is 1. The van der Waals surface area contributed by atoms with Crippen LogP contribution in [0.15, 0.2) is 42.6 Å². The van der Waals surface area contributed by atoms with Gasteiger partial charge in [-0.3, -0.25) is 9.59 Å². The van der Waals surface area contributed by atoms with E-state index in [4.69, 9.17) is 5.73 Å². The number of pyridine rings is 1. The van der Waals surface area contributed by atoms with Crippen molar-refractivity contribution in [1.82, 2.24) is 20.9 Å². The van der Waals surface area contributed by atoms with Crippen LogP contribution in [0.3, 0.4) is 0 Å². The Balaban J connectivity index is 2.22. The fraction of sp³-hybridized carbons (Fsp3) is 0.435. The van der Waals surface area contributed by atoms with E-state index in [0.29, 0.717) is 11.4 Å². The van der Waals surface area contributed by atoms with E-state index in [-0.39, 0.29) is 24.4 Å². The van der Waals surface area contributed by atoms with E-state index >= 15 is 0 Å². The molecule has 1 heterocycles. The molecule has 0 aliphatic rings. The summed E-state index contributed by atoms with van der Waals surface area (Å²) in [5, 5.41) is 8.36. The molecule has 2 aromatic rings. The fourth-order valence-electron chi connectivity index (χ4n) is 3.34.